The molecule has 0 unspecified atom stereocenters. The normalized spacial score (nSPS) is 10.5. The third-order valence-electron chi connectivity index (χ3n) is 2.83. The fourth-order valence-electron chi connectivity index (χ4n) is 1.83. The van der Waals surface area contributed by atoms with Crippen molar-refractivity contribution < 1.29 is 4.79 Å². The molecule has 0 aliphatic rings. The molecule has 2 aromatic heterocycles. The minimum atomic E-state index is -0.407. The van der Waals surface area contributed by atoms with E-state index in [-0.39, 0.29) is 0 Å². The molecule has 0 saturated heterocycles. The number of aromatic nitrogens is 2. The molecule has 0 bridgehead atoms. The molecular weight excluding hydrogens is 258 g/mol. The number of aromatic amines is 1. The molecule has 5 heteroatoms. The largest absolute Gasteiger partial charge is 0.366 e. The van der Waals surface area contributed by atoms with Crippen LogP contribution in [-0.4, -0.2) is 16.1 Å². The predicted molar refractivity (Wildman–Crippen MR) is 75.9 cm³/mol. The molecule has 19 heavy (non-hydrogen) atoms. The van der Waals surface area contributed by atoms with Crippen LogP contribution in [0.2, 0.25) is 0 Å². The van der Waals surface area contributed by atoms with Crippen molar-refractivity contribution in [3.8, 4) is 21.0 Å². The quantitative estimate of drug-likeness (QED) is 0.767. The van der Waals surface area contributed by atoms with Crippen molar-refractivity contribution in [2.75, 3.05) is 0 Å². The number of hydrogen-bond donors (Lipinski definition) is 2. The number of thiophene rings is 1. The van der Waals surface area contributed by atoms with Crippen LogP contribution < -0.4 is 5.73 Å². The highest BCUT2D eigenvalue weighted by molar-refractivity contribution is 7.18. The summed E-state index contributed by atoms with van der Waals surface area (Å²) in [5.41, 5.74) is 7.82. The second kappa shape index (κ2) is 4.70. The average molecular weight is 269 g/mol. The summed E-state index contributed by atoms with van der Waals surface area (Å²) in [5, 5.41) is 6.88. The van der Waals surface area contributed by atoms with Crippen LogP contribution in [0.5, 0.6) is 0 Å². The molecule has 4 nitrogen and oxygen atoms in total. The first kappa shape index (κ1) is 11.7. The fourth-order valence-corrected chi connectivity index (χ4v) is 2.82. The Balaban J connectivity index is 1.92. The molecule has 1 aromatic carbocycles. The topological polar surface area (TPSA) is 71.8 Å². The molecule has 3 rings (SSSR count). The van der Waals surface area contributed by atoms with Gasteiger partial charge in [-0.1, -0.05) is 12.1 Å². The molecular formula is C14H11N3OS. The van der Waals surface area contributed by atoms with Gasteiger partial charge in [0.25, 0.3) is 0 Å². The molecule has 1 amide bonds. The smallest absolute Gasteiger partial charge is 0.248 e. The Morgan fingerprint density at radius 2 is 1.79 bits per heavy atom. The van der Waals surface area contributed by atoms with Gasteiger partial charge in [0.15, 0.2) is 0 Å². The van der Waals surface area contributed by atoms with Crippen LogP contribution in [0.4, 0.5) is 0 Å². The maximum atomic E-state index is 11.0. The van der Waals surface area contributed by atoms with E-state index in [2.05, 4.69) is 22.3 Å². The zero-order valence-corrected chi connectivity index (χ0v) is 10.8. The van der Waals surface area contributed by atoms with Crippen molar-refractivity contribution in [2.24, 2.45) is 5.73 Å². The molecule has 0 aliphatic carbocycles. The molecule has 2 heterocycles. The molecule has 0 atom stereocenters. The van der Waals surface area contributed by atoms with E-state index < -0.39 is 5.91 Å². The van der Waals surface area contributed by atoms with Crippen LogP contribution in [0.25, 0.3) is 21.0 Å². The zero-order chi connectivity index (χ0) is 13.2. The first-order valence-electron chi connectivity index (χ1n) is 5.74. The van der Waals surface area contributed by atoms with Crippen molar-refractivity contribution in [2.45, 2.75) is 0 Å². The number of nitrogens with one attached hydrogen (secondary N) is 1. The van der Waals surface area contributed by atoms with Gasteiger partial charge in [-0.05, 0) is 35.9 Å². The van der Waals surface area contributed by atoms with Gasteiger partial charge in [-0.15, -0.1) is 11.3 Å². The van der Waals surface area contributed by atoms with Crippen LogP contribution in [0.1, 0.15) is 10.4 Å². The van der Waals surface area contributed by atoms with Crippen molar-refractivity contribution in [1.82, 2.24) is 10.2 Å². The molecule has 0 aliphatic heterocycles. The lowest BCUT2D eigenvalue weighted by Crippen LogP contribution is -2.10. The number of carbonyl (C=O) groups is 1. The van der Waals surface area contributed by atoms with Crippen LogP contribution in [0.3, 0.4) is 0 Å². The summed E-state index contributed by atoms with van der Waals surface area (Å²) in [6.45, 7) is 0. The monoisotopic (exact) mass is 269 g/mol. The maximum absolute atomic E-state index is 11.0. The molecule has 0 spiro atoms. The van der Waals surface area contributed by atoms with E-state index in [4.69, 9.17) is 5.73 Å². The van der Waals surface area contributed by atoms with Crippen LogP contribution in [-0.2, 0) is 0 Å². The van der Waals surface area contributed by atoms with Gasteiger partial charge in [-0.25, -0.2) is 0 Å². The second-order valence-electron chi connectivity index (χ2n) is 4.08. The minimum Gasteiger partial charge on any atom is -0.366 e. The summed E-state index contributed by atoms with van der Waals surface area (Å²) < 4.78 is 0. The van der Waals surface area contributed by atoms with Gasteiger partial charge < -0.3 is 5.73 Å². The highest BCUT2D eigenvalue weighted by atomic mass is 32.1. The molecule has 3 aromatic rings. The summed E-state index contributed by atoms with van der Waals surface area (Å²) in [6, 6.07) is 13.3. The summed E-state index contributed by atoms with van der Waals surface area (Å²) >= 11 is 1.67. The maximum Gasteiger partial charge on any atom is 0.248 e. The van der Waals surface area contributed by atoms with E-state index in [1.807, 2.05) is 18.2 Å². The van der Waals surface area contributed by atoms with Crippen LogP contribution >= 0.6 is 11.3 Å². The zero-order valence-electron chi connectivity index (χ0n) is 9.96. The molecule has 3 N–H and O–H groups in total. The first-order chi connectivity index (χ1) is 9.24. The second-order valence-corrected chi connectivity index (χ2v) is 5.16. The molecule has 0 radical (unpaired) electrons. The van der Waals surface area contributed by atoms with E-state index in [0.29, 0.717) is 5.56 Å². The third kappa shape index (κ3) is 2.28. The van der Waals surface area contributed by atoms with E-state index in [1.54, 1.807) is 29.7 Å². The van der Waals surface area contributed by atoms with E-state index in [1.165, 1.54) is 0 Å². The summed E-state index contributed by atoms with van der Waals surface area (Å²) in [6.07, 6.45) is 1.73. The minimum absolute atomic E-state index is 0.407. The molecule has 0 saturated carbocycles. The Morgan fingerprint density at radius 3 is 2.42 bits per heavy atom. The van der Waals surface area contributed by atoms with E-state index in [9.17, 15) is 4.79 Å². The Morgan fingerprint density at radius 1 is 1.05 bits per heavy atom. The molecule has 0 fully saturated rings. The Hall–Kier alpha value is -2.40. The van der Waals surface area contributed by atoms with Gasteiger partial charge in [-0.3, -0.25) is 9.89 Å². The number of nitrogens with zero attached hydrogens (tertiary/aromatic N) is 1. The van der Waals surface area contributed by atoms with Gasteiger partial charge in [0.1, 0.15) is 0 Å². The Labute approximate surface area is 113 Å². The number of primary amides is 1. The van der Waals surface area contributed by atoms with Gasteiger partial charge >= 0.3 is 0 Å². The number of rotatable bonds is 3. The summed E-state index contributed by atoms with van der Waals surface area (Å²) in [4.78, 5) is 13.3. The highest BCUT2D eigenvalue weighted by Crippen LogP contribution is 2.33. The number of H-pyrrole nitrogens is 1. The van der Waals surface area contributed by atoms with Crippen LogP contribution in [0, 0.1) is 0 Å². The third-order valence-corrected chi connectivity index (χ3v) is 3.99. The predicted octanol–water partition coefficient (Wildman–Crippen LogP) is 2.90. The lowest BCUT2D eigenvalue weighted by Gasteiger charge is -1.99. The van der Waals surface area contributed by atoms with Gasteiger partial charge in [0, 0.05) is 16.6 Å². The lowest BCUT2D eigenvalue weighted by molar-refractivity contribution is 0.100. The SMILES string of the molecule is NC(=O)c1ccc(-c2ccc(-c3ccn[nH]3)s2)cc1. The van der Waals surface area contributed by atoms with Crippen molar-refractivity contribution in [3.05, 3.63) is 54.2 Å². The number of nitrogens with two attached hydrogens (primary N) is 1. The summed E-state index contributed by atoms with van der Waals surface area (Å²) in [5.74, 6) is -0.407. The summed E-state index contributed by atoms with van der Waals surface area (Å²) in [7, 11) is 0. The highest BCUT2D eigenvalue weighted by Gasteiger charge is 2.06. The number of amides is 1. The van der Waals surface area contributed by atoms with Crippen molar-refractivity contribution in [3.63, 3.8) is 0 Å². The van der Waals surface area contributed by atoms with Crippen LogP contribution in [0.15, 0.2) is 48.7 Å². The Kier molecular flexibility index (Phi) is 2.89. The van der Waals surface area contributed by atoms with E-state index >= 15 is 0 Å². The number of benzene rings is 1. The van der Waals surface area contributed by atoms with E-state index in [0.717, 1.165) is 21.0 Å². The van der Waals surface area contributed by atoms with Gasteiger partial charge in [-0.2, -0.15) is 5.10 Å². The number of hydrogen-bond acceptors (Lipinski definition) is 3. The number of carbonyl (C=O) groups excluding carboxylic acids is 1. The fraction of sp³-hybridized carbons (Fsp3) is 0. The average Bonchev–Trinajstić information content (AvgIpc) is 3.10. The van der Waals surface area contributed by atoms with Crippen molar-refractivity contribution >= 4 is 17.2 Å². The lowest BCUT2D eigenvalue weighted by atomic mass is 10.1. The Bertz CT molecular complexity index is 699. The van der Waals surface area contributed by atoms with Gasteiger partial charge in [0.05, 0.1) is 10.6 Å². The molecule has 94 valence electrons. The van der Waals surface area contributed by atoms with Gasteiger partial charge in [0.2, 0.25) is 5.91 Å². The standard InChI is InChI=1S/C14H11N3OS/c15-14(18)10-3-1-9(2-4-10)12-5-6-13(19-12)11-7-8-16-17-11/h1-8H,(H2,15,18)(H,16,17). The first-order valence-corrected chi connectivity index (χ1v) is 6.55. The van der Waals surface area contributed by atoms with Crippen molar-refractivity contribution in [1.29, 1.82) is 0 Å².